The van der Waals surface area contributed by atoms with Crippen LogP contribution in [0, 0.1) is 23.2 Å². The Morgan fingerprint density at radius 3 is 2.79 bits per heavy atom. The fourth-order valence-corrected chi connectivity index (χ4v) is 4.91. The van der Waals surface area contributed by atoms with Gasteiger partial charge in [0.15, 0.2) is 6.61 Å². The Balaban J connectivity index is 1.60. The van der Waals surface area contributed by atoms with Gasteiger partial charge in [0.25, 0.3) is 5.91 Å². The van der Waals surface area contributed by atoms with Crippen molar-refractivity contribution in [3.63, 3.8) is 0 Å². The molecule has 2 aliphatic rings. The van der Waals surface area contributed by atoms with E-state index in [0.29, 0.717) is 16.5 Å². The maximum Gasteiger partial charge on any atom is 0.309 e. The van der Waals surface area contributed by atoms with Crippen LogP contribution in [0.2, 0.25) is 0 Å². The maximum absolute atomic E-state index is 12.1. The van der Waals surface area contributed by atoms with Crippen molar-refractivity contribution in [2.24, 2.45) is 11.8 Å². The molecule has 2 aliphatic carbocycles. The molecule has 5 nitrogen and oxygen atoms in total. The van der Waals surface area contributed by atoms with Gasteiger partial charge in [-0.25, -0.2) is 0 Å². The first-order chi connectivity index (χ1) is 11.6. The van der Waals surface area contributed by atoms with Crippen LogP contribution in [0.15, 0.2) is 0 Å². The van der Waals surface area contributed by atoms with Crippen molar-refractivity contribution in [3.8, 4) is 6.07 Å². The van der Waals surface area contributed by atoms with Crippen LogP contribution >= 0.6 is 11.3 Å². The number of nitrogens with zero attached hydrogens (tertiary/aromatic N) is 1. The lowest BCUT2D eigenvalue weighted by molar-refractivity contribution is -0.151. The second-order valence-corrected chi connectivity index (χ2v) is 7.91. The average molecular weight is 346 g/mol. The Kier molecular flexibility index (Phi) is 5.20. The number of hydrogen-bond acceptors (Lipinski definition) is 5. The van der Waals surface area contributed by atoms with E-state index in [1.807, 2.05) is 0 Å². The number of nitrogens with one attached hydrogen (secondary N) is 1. The summed E-state index contributed by atoms with van der Waals surface area (Å²) < 4.78 is 5.12. The molecule has 1 fully saturated rings. The van der Waals surface area contributed by atoms with Crippen LogP contribution in [-0.2, 0) is 27.2 Å². The summed E-state index contributed by atoms with van der Waals surface area (Å²) in [6.07, 6.45) is 6.74. The van der Waals surface area contributed by atoms with Crippen molar-refractivity contribution in [2.45, 2.75) is 51.9 Å². The minimum Gasteiger partial charge on any atom is -0.455 e. The Morgan fingerprint density at radius 2 is 2.08 bits per heavy atom. The lowest BCUT2D eigenvalue weighted by Gasteiger charge is -2.17. The molecule has 3 rings (SSSR count). The number of anilines is 1. The Labute approximate surface area is 146 Å². The van der Waals surface area contributed by atoms with E-state index in [1.54, 1.807) is 0 Å². The molecule has 128 valence electrons. The van der Waals surface area contributed by atoms with Crippen LogP contribution < -0.4 is 5.32 Å². The molecule has 0 unspecified atom stereocenters. The molecule has 1 atom stereocenters. The topological polar surface area (TPSA) is 79.2 Å². The van der Waals surface area contributed by atoms with Gasteiger partial charge in [0.1, 0.15) is 11.1 Å². The van der Waals surface area contributed by atoms with E-state index in [2.05, 4.69) is 18.3 Å². The van der Waals surface area contributed by atoms with E-state index < -0.39 is 0 Å². The van der Waals surface area contributed by atoms with E-state index >= 15 is 0 Å². The first-order valence-electron chi connectivity index (χ1n) is 8.59. The summed E-state index contributed by atoms with van der Waals surface area (Å²) in [5.74, 6) is -0.0893. The highest BCUT2D eigenvalue weighted by Crippen LogP contribution is 2.39. The molecule has 6 heteroatoms. The zero-order chi connectivity index (χ0) is 17.1. The largest absolute Gasteiger partial charge is 0.455 e. The summed E-state index contributed by atoms with van der Waals surface area (Å²) in [5, 5.41) is 12.8. The van der Waals surface area contributed by atoms with Crippen LogP contribution in [-0.4, -0.2) is 18.5 Å². The number of rotatable bonds is 4. The van der Waals surface area contributed by atoms with Crippen LogP contribution in [0.4, 0.5) is 5.00 Å². The van der Waals surface area contributed by atoms with E-state index in [9.17, 15) is 14.9 Å². The van der Waals surface area contributed by atoms with Crippen LogP contribution in [0.5, 0.6) is 0 Å². The van der Waals surface area contributed by atoms with Gasteiger partial charge in [-0.1, -0.05) is 19.8 Å². The van der Waals surface area contributed by atoms with Crippen molar-refractivity contribution in [1.29, 1.82) is 5.26 Å². The van der Waals surface area contributed by atoms with Gasteiger partial charge in [-0.2, -0.15) is 5.26 Å². The molecule has 1 saturated carbocycles. The molecule has 0 spiro atoms. The normalized spacial score (nSPS) is 20.2. The molecule has 24 heavy (non-hydrogen) atoms. The van der Waals surface area contributed by atoms with Crippen LogP contribution in [0.3, 0.4) is 0 Å². The number of carbonyl (C=O) groups excluding carboxylic acids is 2. The van der Waals surface area contributed by atoms with Gasteiger partial charge in [0.2, 0.25) is 0 Å². The van der Waals surface area contributed by atoms with Crippen LogP contribution in [0.25, 0.3) is 0 Å². The van der Waals surface area contributed by atoms with E-state index in [0.717, 1.165) is 50.5 Å². The number of esters is 1. The van der Waals surface area contributed by atoms with Gasteiger partial charge in [0, 0.05) is 4.88 Å². The smallest absolute Gasteiger partial charge is 0.309 e. The number of ether oxygens (including phenoxy) is 1. The fraction of sp³-hybridized carbons (Fsp3) is 0.611. The van der Waals surface area contributed by atoms with Gasteiger partial charge in [0.05, 0.1) is 11.5 Å². The molecular formula is C18H22N2O3S. The van der Waals surface area contributed by atoms with Gasteiger partial charge in [-0.3, -0.25) is 9.59 Å². The number of thiophene rings is 1. The fourth-order valence-electron chi connectivity index (χ4n) is 3.54. The number of amides is 1. The summed E-state index contributed by atoms with van der Waals surface area (Å²) in [5.41, 5.74) is 1.66. The lowest BCUT2D eigenvalue weighted by atomic mass is 9.89. The summed E-state index contributed by atoms with van der Waals surface area (Å²) >= 11 is 1.48. The van der Waals surface area contributed by atoms with Gasteiger partial charge >= 0.3 is 5.97 Å². The standard InChI is InChI=1S/C18H22N2O3S/c1-11-6-7-13-14(9-19)17(24-15(13)8-11)20-16(21)10-23-18(22)12-4-2-3-5-12/h11-12H,2-8,10H2,1H3,(H,20,21)/t11-/m0/s1. The summed E-state index contributed by atoms with van der Waals surface area (Å²) in [4.78, 5) is 25.2. The molecule has 1 aromatic heterocycles. The Bertz CT molecular complexity index is 683. The van der Waals surface area contributed by atoms with Crippen molar-refractivity contribution in [2.75, 3.05) is 11.9 Å². The average Bonchev–Trinajstić information content (AvgIpc) is 3.19. The molecule has 1 N–H and O–H groups in total. The highest BCUT2D eigenvalue weighted by molar-refractivity contribution is 7.16. The molecule has 0 radical (unpaired) electrons. The summed E-state index contributed by atoms with van der Waals surface area (Å²) in [6, 6.07) is 2.22. The van der Waals surface area contributed by atoms with Gasteiger partial charge in [-0.15, -0.1) is 11.3 Å². The van der Waals surface area contributed by atoms with E-state index in [1.165, 1.54) is 16.2 Å². The molecule has 0 aliphatic heterocycles. The highest BCUT2D eigenvalue weighted by atomic mass is 32.1. The van der Waals surface area contributed by atoms with Gasteiger partial charge < -0.3 is 10.1 Å². The third-order valence-corrected chi connectivity index (χ3v) is 6.08. The van der Waals surface area contributed by atoms with Crippen molar-refractivity contribution < 1.29 is 14.3 Å². The Hall–Kier alpha value is -1.87. The third kappa shape index (κ3) is 3.62. The monoisotopic (exact) mass is 346 g/mol. The molecule has 0 saturated heterocycles. The van der Waals surface area contributed by atoms with Crippen molar-refractivity contribution >= 4 is 28.2 Å². The molecule has 1 amide bonds. The first kappa shape index (κ1) is 17.0. The van der Waals surface area contributed by atoms with Crippen molar-refractivity contribution in [3.05, 3.63) is 16.0 Å². The highest BCUT2D eigenvalue weighted by Gasteiger charge is 2.26. The summed E-state index contributed by atoms with van der Waals surface area (Å²) in [7, 11) is 0. The first-order valence-corrected chi connectivity index (χ1v) is 9.41. The number of nitriles is 1. The number of fused-ring (bicyclic) bond motifs is 1. The molecule has 0 bridgehead atoms. The second-order valence-electron chi connectivity index (χ2n) is 6.80. The van der Waals surface area contributed by atoms with Gasteiger partial charge in [-0.05, 0) is 43.6 Å². The van der Waals surface area contributed by atoms with Crippen molar-refractivity contribution in [1.82, 2.24) is 0 Å². The van der Waals surface area contributed by atoms with E-state index in [4.69, 9.17) is 4.74 Å². The van der Waals surface area contributed by atoms with Crippen LogP contribution in [0.1, 0.15) is 55.0 Å². The third-order valence-electron chi connectivity index (χ3n) is 4.91. The number of carbonyl (C=O) groups is 2. The zero-order valence-electron chi connectivity index (χ0n) is 13.9. The molecular weight excluding hydrogens is 324 g/mol. The quantitative estimate of drug-likeness (QED) is 0.847. The second kappa shape index (κ2) is 7.35. The lowest BCUT2D eigenvalue weighted by Crippen LogP contribution is -2.23. The zero-order valence-corrected chi connectivity index (χ0v) is 14.7. The predicted molar refractivity (Wildman–Crippen MR) is 91.8 cm³/mol. The van der Waals surface area contributed by atoms with E-state index in [-0.39, 0.29) is 24.4 Å². The SMILES string of the molecule is C[C@H]1CCc2c(sc(NC(=O)COC(=O)C3CCCC3)c2C#N)C1. The maximum atomic E-state index is 12.1. The minimum absolute atomic E-state index is 0.0528. The molecule has 1 heterocycles. The molecule has 0 aromatic carbocycles. The molecule has 1 aromatic rings. The Morgan fingerprint density at radius 1 is 1.33 bits per heavy atom. The summed E-state index contributed by atoms with van der Waals surface area (Å²) in [6.45, 7) is 1.93. The minimum atomic E-state index is -0.371. The predicted octanol–water partition coefficient (Wildman–Crippen LogP) is 3.42. The number of hydrogen-bond donors (Lipinski definition) is 1.